The Morgan fingerprint density at radius 2 is 0.900 bits per heavy atom. The lowest BCUT2D eigenvalue weighted by atomic mass is 10.1. The zero-order chi connectivity index (χ0) is 13.9. The summed E-state index contributed by atoms with van der Waals surface area (Å²) < 4.78 is 2.59. The van der Waals surface area contributed by atoms with Crippen molar-refractivity contribution in [3.8, 4) is 0 Å². The van der Waals surface area contributed by atoms with Gasteiger partial charge in [-0.2, -0.15) is 23.5 Å². The van der Waals surface area contributed by atoms with Gasteiger partial charge in [-0.25, -0.2) is 0 Å². The molecule has 0 unspecified atom stereocenters. The molecular formula is C16H14Br2S2. The molecule has 1 aliphatic rings. The van der Waals surface area contributed by atoms with E-state index >= 15 is 0 Å². The van der Waals surface area contributed by atoms with E-state index in [1.807, 2.05) is 23.5 Å². The summed E-state index contributed by atoms with van der Waals surface area (Å²) in [5.41, 5.74) is 5.61. The maximum atomic E-state index is 3.78. The molecule has 0 aliphatic carbocycles. The minimum atomic E-state index is 1.05. The van der Waals surface area contributed by atoms with Crippen LogP contribution in [0.15, 0.2) is 45.3 Å². The number of halogens is 2. The normalized spacial score (nSPS) is 15.3. The van der Waals surface area contributed by atoms with Crippen LogP contribution in [0.4, 0.5) is 0 Å². The quantitative estimate of drug-likeness (QED) is 0.475. The molecule has 4 bridgehead atoms. The Kier molecular flexibility index (Phi) is 5.18. The molecule has 0 aromatic heterocycles. The van der Waals surface area contributed by atoms with Gasteiger partial charge < -0.3 is 0 Å². The number of thioether (sulfide) groups is 2. The van der Waals surface area contributed by atoms with Crippen molar-refractivity contribution in [1.82, 2.24) is 0 Å². The molecule has 2 aromatic rings. The van der Waals surface area contributed by atoms with Crippen LogP contribution in [0.25, 0.3) is 0 Å². The third-order valence-corrected chi connectivity index (χ3v) is 7.45. The lowest BCUT2D eigenvalue weighted by Crippen LogP contribution is -1.95. The molecule has 0 fully saturated rings. The molecule has 0 atom stereocenters. The second-order valence-corrected chi connectivity index (χ2v) is 8.32. The molecule has 104 valence electrons. The molecular weight excluding hydrogens is 416 g/mol. The van der Waals surface area contributed by atoms with Crippen molar-refractivity contribution >= 4 is 55.4 Å². The first kappa shape index (κ1) is 15.0. The van der Waals surface area contributed by atoms with Crippen LogP contribution < -0.4 is 0 Å². The molecule has 0 saturated carbocycles. The highest BCUT2D eigenvalue weighted by Crippen LogP contribution is 2.34. The zero-order valence-electron chi connectivity index (χ0n) is 10.9. The van der Waals surface area contributed by atoms with Gasteiger partial charge in [-0.15, -0.1) is 0 Å². The Morgan fingerprint density at radius 1 is 0.600 bits per heavy atom. The van der Waals surface area contributed by atoms with E-state index in [0.29, 0.717) is 0 Å². The van der Waals surface area contributed by atoms with Crippen LogP contribution >= 0.6 is 55.4 Å². The van der Waals surface area contributed by atoms with Crippen LogP contribution in [0.3, 0.4) is 0 Å². The number of hydrogen-bond acceptors (Lipinski definition) is 2. The van der Waals surface area contributed by atoms with Crippen molar-refractivity contribution in [2.75, 3.05) is 0 Å². The van der Waals surface area contributed by atoms with E-state index in [1.165, 1.54) is 31.2 Å². The molecule has 3 rings (SSSR count). The van der Waals surface area contributed by atoms with E-state index in [-0.39, 0.29) is 0 Å². The molecule has 2 aromatic carbocycles. The monoisotopic (exact) mass is 428 g/mol. The third-order valence-electron chi connectivity index (χ3n) is 3.35. The second-order valence-electron chi connectivity index (χ2n) is 4.77. The summed E-state index contributed by atoms with van der Waals surface area (Å²) in [5, 5.41) is 0. The van der Waals surface area contributed by atoms with Gasteiger partial charge >= 0.3 is 0 Å². The summed E-state index contributed by atoms with van der Waals surface area (Å²) in [5.74, 6) is 4.21. The third kappa shape index (κ3) is 3.29. The lowest BCUT2D eigenvalue weighted by Gasteiger charge is -2.14. The minimum absolute atomic E-state index is 1.05. The number of rotatable bonds is 0. The summed E-state index contributed by atoms with van der Waals surface area (Å²) >= 11 is 11.5. The van der Waals surface area contributed by atoms with Crippen molar-refractivity contribution in [1.29, 1.82) is 0 Å². The van der Waals surface area contributed by atoms with E-state index in [2.05, 4.69) is 68.3 Å². The molecule has 0 nitrogen and oxygen atoms in total. The van der Waals surface area contributed by atoms with Crippen molar-refractivity contribution in [2.24, 2.45) is 0 Å². The lowest BCUT2D eigenvalue weighted by molar-refractivity contribution is 1.24. The van der Waals surface area contributed by atoms with E-state index < -0.39 is 0 Å². The molecule has 0 spiro atoms. The van der Waals surface area contributed by atoms with Crippen LogP contribution in [0.1, 0.15) is 22.3 Å². The Balaban J connectivity index is 1.93. The molecule has 0 N–H and O–H groups in total. The SMILES string of the molecule is Brc1c2cccc1CSCc1cccc(c1Br)CSC2. The smallest absolute Gasteiger partial charge is 0.0256 e. The fraction of sp³-hybridized carbons (Fsp3) is 0.250. The summed E-state index contributed by atoms with van der Waals surface area (Å²) in [7, 11) is 0. The van der Waals surface area contributed by atoms with E-state index in [1.54, 1.807) is 0 Å². The average molecular weight is 430 g/mol. The van der Waals surface area contributed by atoms with Crippen molar-refractivity contribution in [3.05, 3.63) is 67.6 Å². The second kappa shape index (κ2) is 6.91. The van der Waals surface area contributed by atoms with Crippen molar-refractivity contribution in [3.63, 3.8) is 0 Å². The van der Waals surface area contributed by atoms with Crippen LogP contribution in [0.5, 0.6) is 0 Å². The van der Waals surface area contributed by atoms with E-state index in [4.69, 9.17) is 0 Å². The first-order valence-corrected chi connectivity index (χ1v) is 10.3. The van der Waals surface area contributed by atoms with Crippen LogP contribution in [-0.4, -0.2) is 0 Å². The van der Waals surface area contributed by atoms with E-state index in [0.717, 1.165) is 23.0 Å². The van der Waals surface area contributed by atoms with Gasteiger partial charge in [0, 0.05) is 32.0 Å². The summed E-state index contributed by atoms with van der Waals surface area (Å²) in [6, 6.07) is 13.3. The van der Waals surface area contributed by atoms with Crippen LogP contribution in [-0.2, 0) is 23.0 Å². The van der Waals surface area contributed by atoms with Gasteiger partial charge in [0.2, 0.25) is 0 Å². The van der Waals surface area contributed by atoms with Gasteiger partial charge in [-0.05, 0) is 22.3 Å². The first-order chi connectivity index (χ1) is 9.75. The maximum absolute atomic E-state index is 3.78. The topological polar surface area (TPSA) is 0 Å². The van der Waals surface area contributed by atoms with Gasteiger partial charge in [-0.1, -0.05) is 68.3 Å². The number of benzene rings is 2. The predicted octanol–water partition coefficient (Wildman–Crippen LogP) is 6.39. The van der Waals surface area contributed by atoms with Gasteiger partial charge in [-0.3, -0.25) is 0 Å². The highest BCUT2D eigenvalue weighted by atomic mass is 79.9. The predicted molar refractivity (Wildman–Crippen MR) is 98.3 cm³/mol. The van der Waals surface area contributed by atoms with Crippen LogP contribution in [0.2, 0.25) is 0 Å². The first-order valence-electron chi connectivity index (χ1n) is 6.43. The van der Waals surface area contributed by atoms with Crippen molar-refractivity contribution in [2.45, 2.75) is 23.0 Å². The van der Waals surface area contributed by atoms with Crippen LogP contribution in [0, 0.1) is 0 Å². The Morgan fingerprint density at radius 3 is 1.20 bits per heavy atom. The highest BCUT2D eigenvalue weighted by molar-refractivity contribution is 9.11. The minimum Gasteiger partial charge on any atom is -0.152 e. The molecule has 4 heteroatoms. The number of fused-ring (bicyclic) bond motifs is 4. The fourth-order valence-electron chi connectivity index (χ4n) is 2.25. The summed E-state index contributed by atoms with van der Waals surface area (Å²) in [6.07, 6.45) is 0. The molecule has 1 aliphatic heterocycles. The standard InChI is InChI=1S/C16H14Br2S2/c17-15-11-3-1-4-12(15)8-20-10-14-6-2-5-13(16(14)18)9-19-7-11/h1-6H,7-10H2. The molecule has 0 amide bonds. The summed E-state index contributed by atoms with van der Waals surface area (Å²) in [6.45, 7) is 0. The maximum Gasteiger partial charge on any atom is 0.0256 e. The Labute approximate surface area is 145 Å². The Hall–Kier alpha value is 0.1000. The highest BCUT2D eigenvalue weighted by Gasteiger charge is 2.11. The van der Waals surface area contributed by atoms with Gasteiger partial charge in [0.15, 0.2) is 0 Å². The molecule has 0 saturated heterocycles. The average Bonchev–Trinajstić information content (AvgIpc) is 2.45. The Bertz CT molecular complexity index is 526. The molecule has 0 radical (unpaired) electrons. The molecule has 1 heterocycles. The van der Waals surface area contributed by atoms with Gasteiger partial charge in [0.1, 0.15) is 0 Å². The largest absolute Gasteiger partial charge is 0.152 e. The molecule has 20 heavy (non-hydrogen) atoms. The van der Waals surface area contributed by atoms with E-state index in [9.17, 15) is 0 Å². The fourth-order valence-corrected chi connectivity index (χ4v) is 6.13. The number of hydrogen-bond donors (Lipinski definition) is 0. The van der Waals surface area contributed by atoms with Gasteiger partial charge in [0.05, 0.1) is 0 Å². The van der Waals surface area contributed by atoms with Crippen molar-refractivity contribution < 1.29 is 0 Å². The summed E-state index contributed by atoms with van der Waals surface area (Å²) in [4.78, 5) is 0. The van der Waals surface area contributed by atoms with Gasteiger partial charge in [0.25, 0.3) is 0 Å². The zero-order valence-corrected chi connectivity index (χ0v) is 15.7.